The lowest BCUT2D eigenvalue weighted by Gasteiger charge is -2.54. The van der Waals surface area contributed by atoms with Crippen molar-refractivity contribution >= 4 is 5.97 Å². The maximum atomic E-state index is 14.2. The lowest BCUT2D eigenvalue weighted by atomic mass is 9.88. The molecule has 4 fully saturated rings. The second kappa shape index (κ2) is 17.8. The van der Waals surface area contributed by atoms with Gasteiger partial charge in [0.05, 0.1) is 39.1 Å². The van der Waals surface area contributed by atoms with Gasteiger partial charge in [-0.3, -0.25) is 0 Å². The number of ether oxygens (including phenoxy) is 11. The molecule has 4 saturated heterocycles. The molecule has 4 heterocycles. The van der Waals surface area contributed by atoms with Gasteiger partial charge in [0.1, 0.15) is 49.5 Å². The Morgan fingerprint density at radius 1 is 0.800 bits per heavy atom. The number of carbonyl (C=O) groups excluding carboxylic acids is 1. The van der Waals surface area contributed by atoms with Gasteiger partial charge in [0.2, 0.25) is 0 Å². The van der Waals surface area contributed by atoms with E-state index >= 15 is 0 Å². The monoisotopic (exact) mass is 766 g/mol. The van der Waals surface area contributed by atoms with Gasteiger partial charge < -0.3 is 62.3 Å². The Labute approximate surface area is 320 Å². The lowest BCUT2D eigenvalue weighted by molar-refractivity contribution is -0.406. The van der Waals surface area contributed by atoms with E-state index in [0.29, 0.717) is 0 Å². The summed E-state index contributed by atoms with van der Waals surface area (Å²) < 4.78 is 68.1. The summed E-state index contributed by atoms with van der Waals surface area (Å²) in [5.74, 6) is -4.07. The largest absolute Gasteiger partial charge is 0.453 e. The quantitative estimate of drug-likeness (QED) is 0.171. The van der Waals surface area contributed by atoms with Crippen LogP contribution in [-0.2, 0) is 76.7 Å². The fraction of sp³-hybridized carbons (Fsp3) is 0.537. The molecule has 4 aliphatic heterocycles. The van der Waals surface area contributed by atoms with Crippen LogP contribution in [0.15, 0.2) is 91.0 Å². The second-order valence-electron chi connectivity index (χ2n) is 14.6. The molecule has 0 radical (unpaired) electrons. The van der Waals surface area contributed by atoms with Crippen LogP contribution < -0.4 is 0 Å². The molecule has 2 N–H and O–H groups in total. The Balaban J connectivity index is 1.20. The second-order valence-corrected chi connectivity index (χ2v) is 14.6. The molecular formula is C41H50O14. The molecule has 0 unspecified atom stereocenters. The highest BCUT2D eigenvalue weighted by atomic mass is 16.8. The van der Waals surface area contributed by atoms with E-state index < -0.39 is 85.2 Å². The van der Waals surface area contributed by atoms with Gasteiger partial charge in [-0.2, -0.15) is 0 Å². The normalized spacial score (nSPS) is 33.5. The van der Waals surface area contributed by atoms with Crippen molar-refractivity contribution in [3.05, 3.63) is 108 Å². The summed E-state index contributed by atoms with van der Waals surface area (Å²) in [5, 5.41) is 22.7. The van der Waals surface area contributed by atoms with Crippen LogP contribution in [-0.4, -0.2) is 116 Å². The first kappa shape index (κ1) is 39.9. The minimum atomic E-state index is -2.20. The molecule has 55 heavy (non-hydrogen) atoms. The third kappa shape index (κ3) is 9.45. The molecule has 11 atom stereocenters. The van der Waals surface area contributed by atoms with Crippen LogP contribution >= 0.6 is 0 Å². The molecule has 3 aromatic carbocycles. The highest BCUT2D eigenvalue weighted by Crippen LogP contribution is 2.44. The van der Waals surface area contributed by atoms with Crippen molar-refractivity contribution in [1.29, 1.82) is 0 Å². The molecule has 3 aromatic rings. The van der Waals surface area contributed by atoms with Gasteiger partial charge in [-0.05, 0) is 30.5 Å². The van der Waals surface area contributed by atoms with E-state index in [1.165, 1.54) is 7.11 Å². The zero-order valence-corrected chi connectivity index (χ0v) is 31.2. The molecule has 14 heteroatoms. The number of benzene rings is 3. The minimum absolute atomic E-state index is 0.0167. The molecule has 0 aliphatic carbocycles. The van der Waals surface area contributed by atoms with Crippen LogP contribution in [0, 0.1) is 0 Å². The van der Waals surface area contributed by atoms with Crippen LogP contribution in [0.4, 0.5) is 0 Å². The Hall–Kier alpha value is -3.35. The maximum absolute atomic E-state index is 14.2. The Kier molecular flexibility index (Phi) is 12.9. The van der Waals surface area contributed by atoms with Crippen LogP contribution in [0.2, 0.25) is 0 Å². The summed E-state index contributed by atoms with van der Waals surface area (Å²) in [6, 6.07) is 28.8. The number of methoxy groups -OCH3 is 1. The Morgan fingerprint density at radius 3 is 2.02 bits per heavy atom. The predicted molar refractivity (Wildman–Crippen MR) is 192 cm³/mol. The molecule has 14 nitrogen and oxygen atoms in total. The molecule has 0 bridgehead atoms. The summed E-state index contributed by atoms with van der Waals surface area (Å²) in [7, 11) is 1.44. The van der Waals surface area contributed by atoms with E-state index in [1.54, 1.807) is 13.8 Å². The number of aliphatic hydroxyl groups is 2. The highest BCUT2D eigenvalue weighted by molar-refractivity contribution is 5.79. The van der Waals surface area contributed by atoms with Gasteiger partial charge in [0.15, 0.2) is 18.2 Å². The molecule has 0 amide bonds. The smallest absolute Gasteiger partial charge is 0.367 e. The first-order chi connectivity index (χ1) is 26.6. The molecule has 298 valence electrons. The van der Waals surface area contributed by atoms with Crippen molar-refractivity contribution in [2.24, 2.45) is 0 Å². The molecule has 1 spiro atoms. The fourth-order valence-corrected chi connectivity index (χ4v) is 7.33. The van der Waals surface area contributed by atoms with E-state index in [9.17, 15) is 15.0 Å². The summed E-state index contributed by atoms with van der Waals surface area (Å²) in [4.78, 5) is 14.2. The van der Waals surface area contributed by atoms with E-state index in [0.717, 1.165) is 16.7 Å². The molecule has 0 saturated carbocycles. The van der Waals surface area contributed by atoms with E-state index in [4.69, 9.17) is 52.1 Å². The van der Waals surface area contributed by atoms with Gasteiger partial charge in [-0.15, -0.1) is 0 Å². The number of rotatable bonds is 15. The number of hydrogen-bond donors (Lipinski definition) is 2. The standard InChI is InChI=1S/C41H50O14/c1-40(2)50-24-31(53-40)33(49-25-45-3)35-32(43)29(42)19-41(54-35)39(44)52-34-30(23-46-20-26-13-7-4-8-14-26)51-38(48-22-28-17-11-6-12-18-28)37(36(34)55-41)47-21-27-15-9-5-10-16-27/h4-18,29-38,42-43H,19-25H2,1-3H3/t29-,30+,31+,32-,33+,34-,35+,36-,37+,38+,41-/m0/s1. The third-order valence-corrected chi connectivity index (χ3v) is 10.0. The van der Waals surface area contributed by atoms with Crippen LogP contribution in [0.1, 0.15) is 37.0 Å². The Morgan fingerprint density at radius 2 is 1.42 bits per heavy atom. The lowest BCUT2D eigenvalue weighted by Crippen LogP contribution is -2.73. The molecule has 4 aliphatic rings. The minimum Gasteiger partial charge on any atom is -0.453 e. The van der Waals surface area contributed by atoms with Crippen molar-refractivity contribution in [1.82, 2.24) is 0 Å². The number of hydrogen-bond acceptors (Lipinski definition) is 14. The maximum Gasteiger partial charge on any atom is 0.367 e. The van der Waals surface area contributed by atoms with Crippen LogP contribution in [0.5, 0.6) is 0 Å². The number of fused-ring (bicyclic) bond motifs is 1. The Bertz CT molecular complexity index is 1650. The van der Waals surface area contributed by atoms with Gasteiger partial charge in [0.25, 0.3) is 5.79 Å². The van der Waals surface area contributed by atoms with E-state index in [2.05, 4.69) is 0 Å². The molecule has 0 aromatic heterocycles. The highest BCUT2D eigenvalue weighted by Gasteiger charge is 2.65. The van der Waals surface area contributed by atoms with Crippen LogP contribution in [0.3, 0.4) is 0 Å². The number of carbonyl (C=O) groups is 1. The summed E-state index contributed by atoms with van der Waals surface area (Å²) in [6.45, 7) is 4.00. The summed E-state index contributed by atoms with van der Waals surface area (Å²) in [5.41, 5.74) is 2.73. The van der Waals surface area contributed by atoms with Crippen molar-refractivity contribution in [2.75, 3.05) is 27.1 Å². The zero-order valence-electron chi connectivity index (χ0n) is 31.2. The van der Waals surface area contributed by atoms with Crippen LogP contribution in [0.25, 0.3) is 0 Å². The van der Waals surface area contributed by atoms with Crippen molar-refractivity contribution < 1.29 is 67.1 Å². The van der Waals surface area contributed by atoms with Gasteiger partial charge in [-0.25, -0.2) is 4.79 Å². The van der Waals surface area contributed by atoms with E-state index in [1.807, 2.05) is 91.0 Å². The first-order valence-corrected chi connectivity index (χ1v) is 18.6. The predicted octanol–water partition coefficient (Wildman–Crippen LogP) is 3.39. The topological polar surface area (TPSA) is 159 Å². The summed E-state index contributed by atoms with van der Waals surface area (Å²) >= 11 is 0. The van der Waals surface area contributed by atoms with Crippen molar-refractivity contribution in [3.63, 3.8) is 0 Å². The van der Waals surface area contributed by atoms with Gasteiger partial charge in [0, 0.05) is 13.5 Å². The number of esters is 1. The SMILES string of the molecule is COCO[C@@H]([C@@H]1O[C@@]2(C[C@H](O)[C@@H]1O)O[C@H]1[C@@H](OC2=O)[C@@H](COCc2ccccc2)O[C@@H](OCc2ccccc2)[C@@H]1OCc1ccccc1)[C@H]1COC(C)(C)O1. The fourth-order valence-electron chi connectivity index (χ4n) is 7.33. The molecular weight excluding hydrogens is 716 g/mol. The average molecular weight is 767 g/mol. The van der Waals surface area contributed by atoms with E-state index in [-0.39, 0.29) is 39.8 Å². The van der Waals surface area contributed by atoms with Gasteiger partial charge in [-0.1, -0.05) is 91.0 Å². The zero-order chi connectivity index (χ0) is 38.4. The van der Waals surface area contributed by atoms with Gasteiger partial charge >= 0.3 is 5.97 Å². The van der Waals surface area contributed by atoms with Crippen molar-refractivity contribution in [2.45, 2.75) is 113 Å². The number of aliphatic hydroxyl groups excluding tert-OH is 2. The third-order valence-electron chi connectivity index (χ3n) is 10.0. The average Bonchev–Trinajstić information content (AvgIpc) is 3.56. The summed E-state index contributed by atoms with van der Waals surface area (Å²) in [6.07, 6.45) is -11.5. The molecule has 7 rings (SSSR count). The first-order valence-electron chi connectivity index (χ1n) is 18.6. The van der Waals surface area contributed by atoms with Crippen molar-refractivity contribution in [3.8, 4) is 0 Å².